The van der Waals surface area contributed by atoms with Gasteiger partial charge in [-0.3, -0.25) is 4.79 Å². The highest BCUT2D eigenvalue weighted by Crippen LogP contribution is 2.33. The number of carbonyl (C=O) groups excluding carboxylic acids is 1. The molecule has 0 atom stereocenters. The van der Waals surface area contributed by atoms with Crippen molar-refractivity contribution >= 4 is 23.3 Å². The molecule has 0 aromatic heterocycles. The Morgan fingerprint density at radius 2 is 2.06 bits per heavy atom. The second kappa shape index (κ2) is 4.08. The number of amides is 1. The van der Waals surface area contributed by atoms with E-state index in [1.807, 2.05) is 0 Å². The molecule has 1 saturated carbocycles. The highest BCUT2D eigenvalue weighted by Gasteiger charge is 2.33. The fourth-order valence-corrected chi connectivity index (χ4v) is 1.74. The summed E-state index contributed by atoms with van der Waals surface area (Å²) >= 11 is 0. The number of anilines is 2. The number of nitrogen functional groups attached to an aromatic ring is 1. The van der Waals surface area contributed by atoms with Crippen molar-refractivity contribution in [1.82, 2.24) is 0 Å². The molecule has 90 valence electrons. The highest BCUT2D eigenvalue weighted by atomic mass is 16.4. The number of nitrogens with zero attached hydrogens (tertiary/aromatic N) is 1. The molecule has 0 bridgehead atoms. The normalized spacial score (nSPS) is 14.4. The number of hydrogen-bond donors (Lipinski definition) is 2. The topological polar surface area (TPSA) is 83.6 Å². The zero-order valence-electron chi connectivity index (χ0n) is 9.51. The lowest BCUT2D eigenvalue weighted by Gasteiger charge is -2.19. The van der Waals surface area contributed by atoms with Gasteiger partial charge in [0, 0.05) is 18.7 Å². The summed E-state index contributed by atoms with van der Waals surface area (Å²) in [7, 11) is 1.60. The van der Waals surface area contributed by atoms with E-state index in [9.17, 15) is 9.59 Å². The Bertz CT molecular complexity index is 481. The lowest BCUT2D eigenvalue weighted by molar-refractivity contribution is -0.119. The first-order valence-electron chi connectivity index (χ1n) is 5.41. The first-order chi connectivity index (χ1) is 8.00. The third-order valence-corrected chi connectivity index (χ3v) is 2.87. The summed E-state index contributed by atoms with van der Waals surface area (Å²) in [5.41, 5.74) is 6.37. The molecule has 2 rings (SSSR count). The van der Waals surface area contributed by atoms with E-state index in [0.717, 1.165) is 12.8 Å². The zero-order chi connectivity index (χ0) is 12.6. The summed E-state index contributed by atoms with van der Waals surface area (Å²) in [5.74, 6) is -1.06. The van der Waals surface area contributed by atoms with Crippen LogP contribution in [0.5, 0.6) is 0 Å². The molecular formula is C12H14N2O3. The summed E-state index contributed by atoms with van der Waals surface area (Å²) in [4.78, 5) is 24.4. The van der Waals surface area contributed by atoms with Crippen LogP contribution in [0.2, 0.25) is 0 Å². The lowest BCUT2D eigenvalue weighted by Crippen LogP contribution is -2.29. The van der Waals surface area contributed by atoms with E-state index in [2.05, 4.69) is 0 Å². The number of benzene rings is 1. The molecule has 5 heteroatoms. The van der Waals surface area contributed by atoms with Crippen LogP contribution in [0.1, 0.15) is 23.2 Å². The minimum absolute atomic E-state index is 0.0303. The Kier molecular flexibility index (Phi) is 2.75. The van der Waals surface area contributed by atoms with Gasteiger partial charge in [-0.2, -0.15) is 0 Å². The van der Waals surface area contributed by atoms with Gasteiger partial charge in [0.05, 0.1) is 11.3 Å². The Morgan fingerprint density at radius 3 is 2.59 bits per heavy atom. The van der Waals surface area contributed by atoms with Gasteiger partial charge in [0.15, 0.2) is 0 Å². The Balaban J connectivity index is 2.36. The van der Waals surface area contributed by atoms with Crippen LogP contribution >= 0.6 is 0 Å². The van der Waals surface area contributed by atoms with E-state index >= 15 is 0 Å². The van der Waals surface area contributed by atoms with Crippen LogP contribution in [-0.2, 0) is 4.79 Å². The van der Waals surface area contributed by atoms with Gasteiger partial charge in [0.1, 0.15) is 0 Å². The highest BCUT2D eigenvalue weighted by molar-refractivity contribution is 6.03. The summed E-state index contributed by atoms with van der Waals surface area (Å²) in [6.07, 6.45) is 1.78. The summed E-state index contributed by atoms with van der Waals surface area (Å²) in [5, 5.41) is 9.08. The first-order valence-corrected chi connectivity index (χ1v) is 5.41. The molecule has 0 unspecified atom stereocenters. The van der Waals surface area contributed by atoms with Crippen LogP contribution in [0.3, 0.4) is 0 Å². The Morgan fingerprint density at radius 1 is 1.41 bits per heavy atom. The molecule has 1 fully saturated rings. The van der Waals surface area contributed by atoms with Crippen molar-refractivity contribution in [1.29, 1.82) is 0 Å². The SMILES string of the molecule is CN(C(=O)C1CC1)c1ccc(N)cc1C(=O)O. The van der Waals surface area contributed by atoms with Gasteiger partial charge in [-0.25, -0.2) is 4.79 Å². The van der Waals surface area contributed by atoms with Crippen LogP contribution in [0.15, 0.2) is 18.2 Å². The van der Waals surface area contributed by atoms with E-state index in [4.69, 9.17) is 10.8 Å². The molecule has 5 nitrogen and oxygen atoms in total. The number of carbonyl (C=O) groups is 2. The van der Waals surface area contributed by atoms with Crippen molar-refractivity contribution in [3.63, 3.8) is 0 Å². The van der Waals surface area contributed by atoms with Crippen molar-refractivity contribution in [3.05, 3.63) is 23.8 Å². The molecule has 3 N–H and O–H groups in total. The quantitative estimate of drug-likeness (QED) is 0.773. The van der Waals surface area contributed by atoms with Crippen molar-refractivity contribution in [2.45, 2.75) is 12.8 Å². The predicted molar refractivity (Wildman–Crippen MR) is 63.9 cm³/mol. The second-order valence-corrected chi connectivity index (χ2v) is 4.25. The molecule has 1 aliphatic rings. The molecule has 0 saturated heterocycles. The molecule has 0 spiro atoms. The van der Waals surface area contributed by atoms with E-state index in [0.29, 0.717) is 11.4 Å². The van der Waals surface area contributed by atoms with Crippen molar-refractivity contribution in [2.75, 3.05) is 17.7 Å². The van der Waals surface area contributed by atoms with Gasteiger partial charge in [-0.1, -0.05) is 0 Å². The van der Waals surface area contributed by atoms with E-state index < -0.39 is 5.97 Å². The van der Waals surface area contributed by atoms with Crippen molar-refractivity contribution in [3.8, 4) is 0 Å². The summed E-state index contributed by atoms with van der Waals surface area (Å²) < 4.78 is 0. The maximum Gasteiger partial charge on any atom is 0.337 e. The van der Waals surface area contributed by atoms with Gasteiger partial charge in [-0.05, 0) is 31.0 Å². The molecule has 0 heterocycles. The minimum Gasteiger partial charge on any atom is -0.478 e. The third-order valence-electron chi connectivity index (χ3n) is 2.87. The first kappa shape index (κ1) is 11.4. The van der Waals surface area contributed by atoms with Crippen molar-refractivity contribution in [2.24, 2.45) is 5.92 Å². The largest absolute Gasteiger partial charge is 0.478 e. The number of hydrogen-bond acceptors (Lipinski definition) is 3. The van der Waals surface area contributed by atoms with Gasteiger partial charge in [0.25, 0.3) is 0 Å². The average molecular weight is 234 g/mol. The minimum atomic E-state index is -1.08. The number of carboxylic acids is 1. The smallest absolute Gasteiger partial charge is 0.337 e. The van der Waals surface area contributed by atoms with Gasteiger partial charge >= 0.3 is 5.97 Å². The molecule has 1 aromatic carbocycles. The van der Waals surface area contributed by atoms with Gasteiger partial charge in [0.2, 0.25) is 5.91 Å². The second-order valence-electron chi connectivity index (χ2n) is 4.25. The number of nitrogens with two attached hydrogens (primary N) is 1. The molecule has 1 amide bonds. The van der Waals surface area contributed by atoms with Crippen LogP contribution in [0.25, 0.3) is 0 Å². The maximum absolute atomic E-state index is 11.9. The predicted octanol–water partition coefficient (Wildman–Crippen LogP) is 1.34. The Hall–Kier alpha value is -2.04. The van der Waals surface area contributed by atoms with Crippen molar-refractivity contribution < 1.29 is 14.7 Å². The third kappa shape index (κ3) is 2.22. The van der Waals surface area contributed by atoms with Gasteiger partial charge in [-0.15, -0.1) is 0 Å². The molecule has 17 heavy (non-hydrogen) atoms. The standard InChI is InChI=1S/C12H14N2O3/c1-14(11(15)7-2-3-7)10-5-4-8(13)6-9(10)12(16)17/h4-7H,2-3,13H2,1H3,(H,16,17). The monoisotopic (exact) mass is 234 g/mol. The maximum atomic E-state index is 11.9. The van der Waals surface area contributed by atoms with E-state index in [1.165, 1.54) is 11.0 Å². The van der Waals surface area contributed by atoms with Crippen LogP contribution in [-0.4, -0.2) is 24.0 Å². The lowest BCUT2D eigenvalue weighted by atomic mass is 10.1. The summed E-state index contributed by atoms with van der Waals surface area (Å²) in [6.45, 7) is 0. The Labute approximate surface area is 98.8 Å². The molecule has 1 aliphatic carbocycles. The fourth-order valence-electron chi connectivity index (χ4n) is 1.74. The number of aromatic carboxylic acids is 1. The number of rotatable bonds is 3. The molecule has 0 radical (unpaired) electrons. The molecule has 1 aromatic rings. The fraction of sp³-hybridized carbons (Fsp3) is 0.333. The van der Waals surface area contributed by atoms with Crippen LogP contribution in [0, 0.1) is 5.92 Å². The molecule has 0 aliphatic heterocycles. The average Bonchev–Trinajstić information content (AvgIpc) is 3.10. The summed E-state index contributed by atoms with van der Waals surface area (Å²) in [6, 6.07) is 4.53. The van der Waals surface area contributed by atoms with E-state index in [1.54, 1.807) is 19.2 Å². The van der Waals surface area contributed by atoms with Gasteiger partial charge < -0.3 is 15.7 Å². The zero-order valence-corrected chi connectivity index (χ0v) is 9.51. The van der Waals surface area contributed by atoms with Crippen LogP contribution < -0.4 is 10.6 Å². The van der Waals surface area contributed by atoms with E-state index in [-0.39, 0.29) is 17.4 Å². The van der Waals surface area contributed by atoms with Crippen LogP contribution in [0.4, 0.5) is 11.4 Å². The molecular weight excluding hydrogens is 220 g/mol. The number of carboxylic acid groups (broad SMARTS) is 1.